The Morgan fingerprint density at radius 1 is 1.46 bits per heavy atom. The van der Waals surface area contributed by atoms with E-state index in [0.29, 0.717) is 18.4 Å². The molecule has 1 unspecified atom stereocenters. The second-order valence-electron chi connectivity index (χ2n) is 5.24. The number of halogens is 1. The number of alkyl halides is 1. The molecule has 0 radical (unpaired) electrons. The summed E-state index contributed by atoms with van der Waals surface area (Å²) in [5, 5.41) is 9.40. The van der Waals surface area contributed by atoms with Crippen LogP contribution in [0.4, 0.5) is 4.39 Å². The van der Waals surface area contributed by atoms with Crippen molar-refractivity contribution in [2.24, 2.45) is 5.41 Å². The van der Waals surface area contributed by atoms with Gasteiger partial charge in [0.05, 0.1) is 6.61 Å². The Kier molecular flexibility index (Phi) is 1.42. The van der Waals surface area contributed by atoms with Gasteiger partial charge in [0, 0.05) is 25.0 Å². The monoisotopic (exact) mass is 185 g/mol. The van der Waals surface area contributed by atoms with Crippen LogP contribution in [0.1, 0.15) is 25.7 Å². The first kappa shape index (κ1) is 8.18. The fourth-order valence-electron chi connectivity index (χ4n) is 3.35. The van der Waals surface area contributed by atoms with Crippen molar-refractivity contribution in [3.8, 4) is 0 Å². The average molecular weight is 185 g/mol. The van der Waals surface area contributed by atoms with Crippen LogP contribution in [0.25, 0.3) is 0 Å². The molecule has 2 aliphatic heterocycles. The van der Waals surface area contributed by atoms with Gasteiger partial charge in [-0.15, -0.1) is 0 Å². The Bertz CT molecular complexity index is 241. The van der Waals surface area contributed by atoms with Crippen LogP contribution in [0, 0.1) is 5.41 Å². The van der Waals surface area contributed by atoms with Gasteiger partial charge in [0.2, 0.25) is 0 Å². The molecule has 1 spiro atoms. The quantitative estimate of drug-likeness (QED) is 0.657. The Labute approximate surface area is 77.7 Å². The lowest BCUT2D eigenvalue weighted by atomic mass is 9.89. The molecule has 0 bridgehead atoms. The lowest BCUT2D eigenvalue weighted by Crippen LogP contribution is -2.41. The molecule has 13 heavy (non-hydrogen) atoms. The van der Waals surface area contributed by atoms with Gasteiger partial charge < -0.3 is 5.11 Å². The van der Waals surface area contributed by atoms with Crippen molar-refractivity contribution in [1.82, 2.24) is 4.90 Å². The van der Waals surface area contributed by atoms with E-state index < -0.39 is 6.17 Å². The molecule has 2 heterocycles. The van der Waals surface area contributed by atoms with E-state index >= 15 is 0 Å². The smallest absolute Gasteiger partial charge is 0.115 e. The first-order valence-corrected chi connectivity index (χ1v) is 5.18. The minimum absolute atomic E-state index is 0.148. The number of hydrogen-bond donors (Lipinski definition) is 1. The number of hydrogen-bond acceptors (Lipinski definition) is 2. The second-order valence-corrected chi connectivity index (χ2v) is 5.24. The van der Waals surface area contributed by atoms with Gasteiger partial charge in [0.15, 0.2) is 0 Å². The Balaban J connectivity index is 1.87. The Hall–Kier alpha value is -0.150. The molecule has 2 atom stereocenters. The van der Waals surface area contributed by atoms with Crippen LogP contribution in [-0.4, -0.2) is 41.4 Å². The van der Waals surface area contributed by atoms with Crippen LogP contribution in [0.15, 0.2) is 0 Å². The molecule has 1 saturated carbocycles. The molecular weight excluding hydrogens is 169 g/mol. The molecule has 3 aliphatic rings. The number of aliphatic hydroxyl groups is 1. The summed E-state index contributed by atoms with van der Waals surface area (Å²) in [4.78, 5) is 2.20. The molecule has 2 nitrogen and oxygen atoms in total. The number of aliphatic hydroxyl groups excluding tert-OH is 1. The van der Waals surface area contributed by atoms with Gasteiger partial charge in [0.25, 0.3) is 0 Å². The molecule has 1 aliphatic carbocycles. The summed E-state index contributed by atoms with van der Waals surface area (Å²) in [5.74, 6) is 0. The molecule has 3 rings (SSSR count). The van der Waals surface area contributed by atoms with Crippen molar-refractivity contribution in [2.45, 2.75) is 37.4 Å². The zero-order valence-electron chi connectivity index (χ0n) is 7.80. The molecule has 0 aromatic carbocycles. The molecule has 3 fully saturated rings. The van der Waals surface area contributed by atoms with Crippen LogP contribution in [0.2, 0.25) is 0 Å². The van der Waals surface area contributed by atoms with E-state index in [-0.39, 0.29) is 12.1 Å². The van der Waals surface area contributed by atoms with E-state index in [1.807, 2.05) is 0 Å². The summed E-state index contributed by atoms with van der Waals surface area (Å²) in [6.45, 7) is 1.74. The molecule has 1 N–H and O–H groups in total. The maximum absolute atomic E-state index is 13.2. The first-order valence-electron chi connectivity index (χ1n) is 5.18. The highest BCUT2D eigenvalue weighted by atomic mass is 19.1. The lowest BCUT2D eigenvalue weighted by Gasteiger charge is -2.28. The predicted octanol–water partition coefficient (Wildman–Crippen LogP) is 0.945. The van der Waals surface area contributed by atoms with Crippen LogP contribution in [-0.2, 0) is 0 Å². The molecule has 0 amide bonds. The average Bonchev–Trinajstić information content (AvgIpc) is 2.64. The van der Waals surface area contributed by atoms with Crippen molar-refractivity contribution in [3.63, 3.8) is 0 Å². The van der Waals surface area contributed by atoms with Gasteiger partial charge in [-0.25, -0.2) is 4.39 Å². The lowest BCUT2D eigenvalue weighted by molar-refractivity contribution is 0.0994. The SMILES string of the molecule is OC[C@]12CC(F)CN1CC1(CC1)C2. The minimum atomic E-state index is -0.705. The number of nitrogens with zero attached hydrogens (tertiary/aromatic N) is 1. The third-order valence-electron chi connectivity index (χ3n) is 4.17. The van der Waals surface area contributed by atoms with Crippen LogP contribution < -0.4 is 0 Å². The van der Waals surface area contributed by atoms with E-state index in [4.69, 9.17) is 0 Å². The third kappa shape index (κ3) is 1.00. The number of rotatable bonds is 1. The summed E-state index contributed by atoms with van der Waals surface area (Å²) in [5.41, 5.74) is 0.318. The van der Waals surface area contributed by atoms with E-state index in [0.717, 1.165) is 13.0 Å². The van der Waals surface area contributed by atoms with Gasteiger partial charge in [-0.05, 0) is 24.7 Å². The highest BCUT2D eigenvalue weighted by Gasteiger charge is 2.61. The summed E-state index contributed by atoms with van der Waals surface area (Å²) in [7, 11) is 0. The zero-order chi connectivity index (χ0) is 9.10. The van der Waals surface area contributed by atoms with Crippen molar-refractivity contribution in [2.75, 3.05) is 19.7 Å². The molecule has 0 aromatic heterocycles. The summed E-state index contributed by atoms with van der Waals surface area (Å²) in [6, 6.07) is 0. The van der Waals surface area contributed by atoms with Crippen LogP contribution >= 0.6 is 0 Å². The largest absolute Gasteiger partial charge is 0.394 e. The van der Waals surface area contributed by atoms with Crippen LogP contribution in [0.5, 0.6) is 0 Å². The Morgan fingerprint density at radius 3 is 2.77 bits per heavy atom. The molecule has 74 valence electrons. The standard InChI is InChI=1S/C10H16FNO/c11-8-3-10(7-13)5-9(1-2-9)6-12(10)4-8/h8,13H,1-7H2/t8?,10-/m1/s1. The molecular formula is C10H16FNO. The maximum atomic E-state index is 13.2. The fraction of sp³-hybridized carbons (Fsp3) is 1.00. The third-order valence-corrected chi connectivity index (χ3v) is 4.17. The van der Waals surface area contributed by atoms with Crippen LogP contribution in [0.3, 0.4) is 0 Å². The topological polar surface area (TPSA) is 23.5 Å². The minimum Gasteiger partial charge on any atom is -0.394 e. The van der Waals surface area contributed by atoms with Gasteiger partial charge in [-0.3, -0.25) is 4.90 Å². The van der Waals surface area contributed by atoms with Crippen molar-refractivity contribution in [3.05, 3.63) is 0 Å². The van der Waals surface area contributed by atoms with Gasteiger partial charge in [-0.1, -0.05) is 0 Å². The zero-order valence-corrected chi connectivity index (χ0v) is 7.80. The van der Waals surface area contributed by atoms with Gasteiger partial charge in [0.1, 0.15) is 6.17 Å². The van der Waals surface area contributed by atoms with Crippen molar-refractivity contribution >= 4 is 0 Å². The van der Waals surface area contributed by atoms with Crippen molar-refractivity contribution in [1.29, 1.82) is 0 Å². The van der Waals surface area contributed by atoms with E-state index in [2.05, 4.69) is 4.90 Å². The van der Waals surface area contributed by atoms with Gasteiger partial charge in [-0.2, -0.15) is 0 Å². The number of fused-ring (bicyclic) bond motifs is 1. The van der Waals surface area contributed by atoms with E-state index in [1.54, 1.807) is 0 Å². The fourth-order valence-corrected chi connectivity index (χ4v) is 3.35. The van der Waals surface area contributed by atoms with E-state index in [1.165, 1.54) is 12.8 Å². The predicted molar refractivity (Wildman–Crippen MR) is 47.2 cm³/mol. The molecule has 2 saturated heterocycles. The van der Waals surface area contributed by atoms with E-state index in [9.17, 15) is 9.50 Å². The maximum Gasteiger partial charge on any atom is 0.115 e. The second kappa shape index (κ2) is 2.26. The highest BCUT2D eigenvalue weighted by molar-refractivity contribution is 5.15. The summed E-state index contributed by atoms with van der Waals surface area (Å²) >= 11 is 0. The normalized spacial score (nSPS) is 47.1. The summed E-state index contributed by atoms with van der Waals surface area (Å²) in [6.07, 6.45) is 3.48. The highest BCUT2D eigenvalue weighted by Crippen LogP contribution is 2.60. The molecule has 3 heteroatoms. The molecule has 0 aromatic rings. The van der Waals surface area contributed by atoms with Crippen molar-refractivity contribution < 1.29 is 9.50 Å². The summed E-state index contributed by atoms with van der Waals surface area (Å²) < 4.78 is 13.2. The Morgan fingerprint density at radius 2 is 2.23 bits per heavy atom. The first-order chi connectivity index (χ1) is 6.18. The van der Waals surface area contributed by atoms with Gasteiger partial charge >= 0.3 is 0 Å².